The number of pyridine rings is 1. The highest BCUT2D eigenvalue weighted by Crippen LogP contribution is 2.41. The zero-order valence-electron chi connectivity index (χ0n) is 15.5. The van der Waals surface area contributed by atoms with Gasteiger partial charge in [-0.2, -0.15) is 0 Å². The number of carboxylic acids is 2. The molecule has 2 aromatic rings. The normalized spacial score (nSPS) is 10.3. The fraction of sp³-hybridized carbons (Fsp3) is 0.222. The summed E-state index contributed by atoms with van der Waals surface area (Å²) >= 11 is 0. The summed E-state index contributed by atoms with van der Waals surface area (Å²) in [6.45, 7) is 1.15. The molecule has 1 heterocycles. The molecule has 11 nitrogen and oxygen atoms in total. The number of hydrogen-bond acceptors (Lipinski definition) is 8. The molecule has 0 amide bonds. The van der Waals surface area contributed by atoms with E-state index in [4.69, 9.17) is 19.9 Å². The molecule has 29 heavy (non-hydrogen) atoms. The standard InChI is InChI=1S/C18H18N2O9/c1-3-28-10(21)7-29-14-8(5-4-6-9(14)27-2)11-12(17(23)24)15(19)20-16(22)13(11)18(25)26/h4-6H,3,7H2,1-2H3,(H,23,24)(H,25,26)(H3,19,20,22). The Morgan fingerprint density at radius 2 is 1.79 bits per heavy atom. The van der Waals surface area contributed by atoms with Crippen LogP contribution in [-0.4, -0.2) is 53.4 Å². The van der Waals surface area contributed by atoms with Crippen molar-refractivity contribution in [3.63, 3.8) is 0 Å². The number of carbonyl (C=O) groups is 3. The number of hydrogen-bond donors (Lipinski definition) is 4. The van der Waals surface area contributed by atoms with E-state index in [1.165, 1.54) is 25.3 Å². The number of para-hydroxylation sites is 1. The summed E-state index contributed by atoms with van der Waals surface area (Å²) in [7, 11) is 1.29. The number of aromatic nitrogens is 1. The molecule has 0 fully saturated rings. The van der Waals surface area contributed by atoms with Gasteiger partial charge in [-0.25, -0.2) is 14.4 Å². The average Bonchev–Trinajstić information content (AvgIpc) is 2.64. The maximum Gasteiger partial charge on any atom is 0.344 e. The minimum atomic E-state index is -1.68. The molecule has 0 saturated carbocycles. The van der Waals surface area contributed by atoms with E-state index in [2.05, 4.69) is 0 Å². The molecule has 0 radical (unpaired) electrons. The average molecular weight is 406 g/mol. The lowest BCUT2D eigenvalue weighted by Crippen LogP contribution is -2.24. The van der Waals surface area contributed by atoms with E-state index in [-0.39, 0.29) is 23.7 Å². The van der Waals surface area contributed by atoms with Crippen molar-refractivity contribution in [2.75, 3.05) is 26.1 Å². The lowest BCUT2D eigenvalue weighted by Gasteiger charge is -2.18. The van der Waals surface area contributed by atoms with Crippen molar-refractivity contribution in [1.82, 2.24) is 4.98 Å². The van der Waals surface area contributed by atoms with Gasteiger partial charge < -0.3 is 35.1 Å². The number of H-pyrrole nitrogens is 1. The maximum atomic E-state index is 12.2. The Hall–Kier alpha value is -4.02. The van der Waals surface area contributed by atoms with Crippen LogP contribution in [0.3, 0.4) is 0 Å². The molecular weight excluding hydrogens is 388 g/mol. The quantitative estimate of drug-likeness (QED) is 0.462. The highest BCUT2D eigenvalue weighted by molar-refractivity contribution is 6.08. The minimum absolute atomic E-state index is 0.0679. The van der Waals surface area contributed by atoms with Crippen molar-refractivity contribution < 1.29 is 38.8 Å². The zero-order valence-corrected chi connectivity index (χ0v) is 15.5. The fourth-order valence-electron chi connectivity index (χ4n) is 2.67. The SMILES string of the molecule is CCOC(=O)COc1c(OC)cccc1-c1c(C(=O)O)c(N)[nH]c(=O)c1C(=O)O. The predicted molar refractivity (Wildman–Crippen MR) is 99.5 cm³/mol. The van der Waals surface area contributed by atoms with E-state index in [0.29, 0.717) is 0 Å². The Labute approximate surface area is 163 Å². The molecule has 0 aliphatic rings. The first-order chi connectivity index (χ1) is 13.7. The number of aromatic carboxylic acids is 2. The third kappa shape index (κ3) is 4.29. The van der Waals surface area contributed by atoms with Crippen LogP contribution < -0.4 is 20.8 Å². The number of aromatic amines is 1. The Bertz CT molecular complexity index is 1030. The number of carbonyl (C=O) groups excluding carboxylic acids is 1. The number of nitrogens with one attached hydrogen (secondary N) is 1. The number of nitrogens with two attached hydrogens (primary N) is 1. The summed E-state index contributed by atoms with van der Waals surface area (Å²) in [6, 6.07) is 4.19. The van der Waals surface area contributed by atoms with Crippen molar-refractivity contribution in [3.8, 4) is 22.6 Å². The molecular formula is C18H18N2O9. The lowest BCUT2D eigenvalue weighted by atomic mass is 9.94. The van der Waals surface area contributed by atoms with Crippen LogP contribution in [0, 0.1) is 0 Å². The summed E-state index contributed by atoms with van der Waals surface area (Å²) in [5, 5.41) is 19.1. The highest BCUT2D eigenvalue weighted by Gasteiger charge is 2.29. The minimum Gasteiger partial charge on any atom is -0.493 e. The molecule has 0 atom stereocenters. The topological polar surface area (TPSA) is 178 Å². The number of esters is 1. The number of anilines is 1. The largest absolute Gasteiger partial charge is 0.493 e. The third-order valence-corrected chi connectivity index (χ3v) is 3.78. The van der Waals surface area contributed by atoms with Gasteiger partial charge in [0.05, 0.1) is 13.7 Å². The van der Waals surface area contributed by atoms with Gasteiger partial charge in [0, 0.05) is 11.1 Å². The van der Waals surface area contributed by atoms with Crippen molar-refractivity contribution in [2.24, 2.45) is 0 Å². The van der Waals surface area contributed by atoms with E-state index in [0.717, 1.165) is 0 Å². The van der Waals surface area contributed by atoms with Crippen LogP contribution in [0.25, 0.3) is 11.1 Å². The van der Waals surface area contributed by atoms with Gasteiger partial charge in [-0.05, 0) is 13.0 Å². The maximum absolute atomic E-state index is 12.2. The first-order valence-electron chi connectivity index (χ1n) is 8.21. The van der Waals surface area contributed by atoms with Crippen LogP contribution in [0.1, 0.15) is 27.6 Å². The summed E-state index contributed by atoms with van der Waals surface area (Å²) in [4.78, 5) is 49.4. The number of methoxy groups -OCH3 is 1. The molecule has 0 aliphatic heterocycles. The Kier molecular flexibility index (Phi) is 6.44. The van der Waals surface area contributed by atoms with Crippen LogP contribution >= 0.6 is 0 Å². The number of rotatable bonds is 8. The van der Waals surface area contributed by atoms with Crippen LogP contribution in [0.2, 0.25) is 0 Å². The molecule has 1 aromatic heterocycles. The van der Waals surface area contributed by atoms with Crippen LogP contribution in [0.5, 0.6) is 11.5 Å². The molecule has 0 unspecified atom stereocenters. The fourth-order valence-corrected chi connectivity index (χ4v) is 2.67. The molecule has 0 bridgehead atoms. The number of carboxylic acid groups (broad SMARTS) is 2. The summed E-state index contributed by atoms with van der Waals surface area (Å²) in [5.74, 6) is -4.59. The van der Waals surface area contributed by atoms with Crippen molar-refractivity contribution in [2.45, 2.75) is 6.92 Å². The van der Waals surface area contributed by atoms with Gasteiger partial charge in [-0.15, -0.1) is 0 Å². The smallest absolute Gasteiger partial charge is 0.344 e. The van der Waals surface area contributed by atoms with Gasteiger partial charge in [0.15, 0.2) is 18.1 Å². The molecule has 154 valence electrons. The summed E-state index contributed by atoms with van der Waals surface area (Å²) < 4.78 is 15.4. The van der Waals surface area contributed by atoms with Crippen LogP contribution in [0.15, 0.2) is 23.0 Å². The number of nitrogen functional groups attached to an aromatic ring is 1. The van der Waals surface area contributed by atoms with Crippen LogP contribution in [-0.2, 0) is 9.53 Å². The molecule has 1 aromatic carbocycles. The monoisotopic (exact) mass is 406 g/mol. The van der Waals surface area contributed by atoms with E-state index in [9.17, 15) is 29.4 Å². The third-order valence-electron chi connectivity index (χ3n) is 3.78. The van der Waals surface area contributed by atoms with E-state index in [1.807, 2.05) is 4.98 Å². The summed E-state index contributed by atoms with van der Waals surface area (Å²) in [6.07, 6.45) is 0. The predicted octanol–water partition coefficient (Wildman–Crippen LogP) is 0.971. The first kappa shape index (κ1) is 21.3. The molecule has 0 spiro atoms. The van der Waals surface area contributed by atoms with Gasteiger partial charge in [0.2, 0.25) is 0 Å². The van der Waals surface area contributed by atoms with E-state index >= 15 is 0 Å². The molecule has 5 N–H and O–H groups in total. The lowest BCUT2D eigenvalue weighted by molar-refractivity contribution is -0.145. The molecule has 0 saturated heterocycles. The van der Waals surface area contributed by atoms with Crippen LogP contribution in [0.4, 0.5) is 5.82 Å². The van der Waals surface area contributed by atoms with Crippen molar-refractivity contribution in [1.29, 1.82) is 0 Å². The second kappa shape index (κ2) is 8.78. The molecule has 0 aliphatic carbocycles. The highest BCUT2D eigenvalue weighted by atomic mass is 16.6. The van der Waals surface area contributed by atoms with Gasteiger partial charge in [-0.1, -0.05) is 12.1 Å². The van der Waals surface area contributed by atoms with E-state index in [1.54, 1.807) is 6.92 Å². The van der Waals surface area contributed by atoms with Gasteiger partial charge in [-0.3, -0.25) is 4.79 Å². The second-order valence-corrected chi connectivity index (χ2v) is 5.53. The summed E-state index contributed by atoms with van der Waals surface area (Å²) in [5.41, 5.74) is 2.44. The van der Waals surface area contributed by atoms with Gasteiger partial charge in [0.1, 0.15) is 16.9 Å². The Balaban J connectivity index is 2.84. The van der Waals surface area contributed by atoms with Gasteiger partial charge in [0.25, 0.3) is 5.56 Å². The number of benzene rings is 1. The van der Waals surface area contributed by atoms with Crippen molar-refractivity contribution in [3.05, 3.63) is 39.7 Å². The van der Waals surface area contributed by atoms with Gasteiger partial charge >= 0.3 is 17.9 Å². The Morgan fingerprint density at radius 1 is 1.14 bits per heavy atom. The molecule has 11 heteroatoms. The Morgan fingerprint density at radius 3 is 2.34 bits per heavy atom. The van der Waals surface area contributed by atoms with Crippen molar-refractivity contribution >= 4 is 23.7 Å². The zero-order chi connectivity index (χ0) is 21.7. The number of ether oxygens (including phenoxy) is 3. The molecule has 2 rings (SSSR count). The first-order valence-corrected chi connectivity index (χ1v) is 8.21. The second-order valence-electron chi connectivity index (χ2n) is 5.53. The van der Waals surface area contributed by atoms with E-state index < -0.39 is 52.6 Å².